The highest BCUT2D eigenvalue weighted by atomic mass is 35.5. The molecule has 6 aliphatic rings. The number of hydrogen-bond acceptors (Lipinski definition) is 8. The maximum atomic E-state index is 12.5. The van der Waals surface area contributed by atoms with Crippen LogP contribution < -0.4 is 70.1 Å². The molecule has 4 spiro atoms. The zero-order valence-electron chi connectivity index (χ0n) is 26.4. The van der Waals surface area contributed by atoms with E-state index in [1.165, 1.54) is 87.5 Å². The van der Waals surface area contributed by atoms with Gasteiger partial charge in [0.1, 0.15) is 58.7 Å². The van der Waals surface area contributed by atoms with Gasteiger partial charge in [-0.15, -0.1) is 0 Å². The largest absolute Gasteiger partial charge is 1.00 e. The molecule has 7 rings (SSSR count). The van der Waals surface area contributed by atoms with Crippen LogP contribution in [0, 0.1) is 10.1 Å². The first kappa shape index (κ1) is 38.4. The van der Waals surface area contributed by atoms with Crippen LogP contribution in [0.25, 0.3) is 0 Å². The van der Waals surface area contributed by atoms with Crippen molar-refractivity contribution in [2.24, 2.45) is 0 Å². The number of anilines is 2. The molecule has 0 aliphatic carbocycles. The van der Waals surface area contributed by atoms with Gasteiger partial charge in [0.15, 0.2) is 0 Å². The minimum atomic E-state index is -0.221. The second-order valence-electron chi connectivity index (χ2n) is 14.0. The van der Waals surface area contributed by atoms with Crippen molar-refractivity contribution >= 4 is 17.3 Å². The number of nitrogens with zero attached hydrogens (tertiary/aromatic N) is 9. The van der Waals surface area contributed by atoms with Gasteiger partial charge in [-0.25, -0.2) is 9.97 Å². The van der Waals surface area contributed by atoms with Gasteiger partial charge >= 0.3 is 5.69 Å². The molecule has 6 fully saturated rings. The molecule has 2 N–H and O–H groups in total. The second-order valence-corrected chi connectivity index (χ2v) is 14.0. The predicted octanol–water partition coefficient (Wildman–Crippen LogP) is -13.5. The summed E-state index contributed by atoms with van der Waals surface area (Å²) in [5.74, 6) is 1.05. The first-order chi connectivity index (χ1) is 19.9. The highest BCUT2D eigenvalue weighted by Crippen LogP contribution is 2.37. The Kier molecular flexibility index (Phi) is 13.2. The molecule has 258 valence electrons. The van der Waals surface area contributed by atoms with Gasteiger partial charge in [-0.3, -0.25) is 10.1 Å². The fourth-order valence-corrected chi connectivity index (χ4v) is 8.86. The molecule has 0 amide bonds. The summed E-state index contributed by atoms with van der Waals surface area (Å²) in [6.07, 6.45) is 1.56. The molecule has 0 unspecified atom stereocenters. The SMILES string of the molecule is O=[N+]([O-])c1c(N2CC[N+]3(CC2)CC[N+]2(CCNCC2)CC3)ncnc1N1CC[N+]2(CC1)CC[N+]1(CCNCC1)CC2.[Cl-].[Cl-].[Cl-].[Cl-]. The standard InChI is InChI=1S/C28H51N11O2.4ClH/c40-35(41)26-27(33-5-13-38(14-6-33)21-17-36(18-22-38)9-1-29-2-10-36)31-25-32-28(26)34-7-15-39(16-8-34)23-19-37(20-24-39)11-3-30-4-12-37;;;;/h25,29-30H,1-24H2;4*1H/q+4;;;;/p-4. The lowest BCUT2D eigenvalue weighted by Gasteiger charge is -2.53. The van der Waals surface area contributed by atoms with E-state index in [-0.39, 0.29) is 60.2 Å². The number of rotatable bonds is 3. The Bertz CT molecular complexity index is 1020. The molecule has 45 heavy (non-hydrogen) atoms. The summed E-state index contributed by atoms with van der Waals surface area (Å²) in [4.78, 5) is 25.7. The molecule has 17 heteroatoms. The van der Waals surface area contributed by atoms with Crippen molar-refractivity contribution in [3.63, 3.8) is 0 Å². The molecule has 0 radical (unpaired) electrons. The van der Waals surface area contributed by atoms with E-state index in [9.17, 15) is 10.1 Å². The average Bonchev–Trinajstić information content (AvgIpc) is 3.02. The second kappa shape index (κ2) is 15.5. The van der Waals surface area contributed by atoms with Crippen LogP contribution in [0.5, 0.6) is 0 Å². The quantitative estimate of drug-likeness (QED) is 0.181. The van der Waals surface area contributed by atoms with E-state index in [1.54, 1.807) is 6.33 Å². The Hall–Kier alpha value is -1.00. The Labute approximate surface area is 292 Å². The van der Waals surface area contributed by atoms with Crippen LogP contribution in [-0.2, 0) is 0 Å². The van der Waals surface area contributed by atoms with Crippen molar-refractivity contribution in [1.82, 2.24) is 20.6 Å². The van der Waals surface area contributed by atoms with Crippen LogP contribution in [0.2, 0.25) is 0 Å². The monoisotopic (exact) mass is 713 g/mol. The summed E-state index contributed by atoms with van der Waals surface area (Å²) < 4.78 is 4.89. The molecule has 13 nitrogen and oxygen atoms in total. The number of halogens is 4. The Balaban J connectivity index is 0.00000138. The number of hydrogen-bond donors (Lipinski definition) is 2. The van der Waals surface area contributed by atoms with E-state index < -0.39 is 0 Å². The van der Waals surface area contributed by atoms with Crippen molar-refractivity contribution in [2.75, 3.05) is 167 Å². The van der Waals surface area contributed by atoms with Crippen LogP contribution >= 0.6 is 0 Å². The highest BCUT2D eigenvalue weighted by molar-refractivity contribution is 5.71. The van der Waals surface area contributed by atoms with Crippen molar-refractivity contribution in [1.29, 1.82) is 0 Å². The van der Waals surface area contributed by atoms with Gasteiger partial charge in [0, 0.05) is 26.2 Å². The molecule has 0 aromatic carbocycles. The molecule has 1 aromatic rings. The summed E-state index contributed by atoms with van der Waals surface area (Å²) in [6, 6.07) is 0. The van der Waals surface area contributed by atoms with Crippen molar-refractivity contribution < 1.29 is 72.5 Å². The van der Waals surface area contributed by atoms with E-state index in [0.29, 0.717) is 11.6 Å². The van der Waals surface area contributed by atoms with Crippen molar-refractivity contribution in [3.05, 3.63) is 16.4 Å². The Morgan fingerprint density at radius 1 is 0.533 bits per heavy atom. The first-order valence-electron chi connectivity index (χ1n) is 16.2. The van der Waals surface area contributed by atoms with E-state index in [4.69, 9.17) is 0 Å². The number of piperazine rings is 6. The third kappa shape index (κ3) is 7.68. The smallest absolute Gasteiger partial charge is 0.353 e. The number of quaternary nitrogens is 4. The fourth-order valence-electron chi connectivity index (χ4n) is 8.86. The zero-order valence-corrected chi connectivity index (χ0v) is 29.4. The van der Waals surface area contributed by atoms with Crippen molar-refractivity contribution in [3.8, 4) is 0 Å². The number of nitrogens with one attached hydrogen (secondary N) is 2. The third-order valence-corrected chi connectivity index (χ3v) is 12.2. The van der Waals surface area contributed by atoms with Gasteiger partial charge in [-0.1, -0.05) is 0 Å². The van der Waals surface area contributed by atoms with Crippen LogP contribution in [0.15, 0.2) is 6.33 Å². The zero-order chi connectivity index (χ0) is 28.0. The van der Waals surface area contributed by atoms with Crippen LogP contribution in [0.1, 0.15) is 0 Å². The molecular weight excluding hydrogens is 664 g/mol. The van der Waals surface area contributed by atoms with E-state index in [1.807, 2.05) is 0 Å². The fraction of sp³-hybridized carbons (Fsp3) is 0.857. The van der Waals surface area contributed by atoms with Gasteiger partial charge in [0.05, 0.1) is 83.5 Å². The Morgan fingerprint density at radius 3 is 1.11 bits per heavy atom. The lowest BCUT2D eigenvalue weighted by Crippen LogP contribution is -3.00. The minimum absolute atomic E-state index is 0. The van der Waals surface area contributed by atoms with Crippen LogP contribution in [0.4, 0.5) is 17.3 Å². The summed E-state index contributed by atoms with van der Waals surface area (Å²) in [7, 11) is 0. The molecule has 0 bridgehead atoms. The van der Waals surface area contributed by atoms with Gasteiger partial charge in [-0.05, 0) is 0 Å². The molecule has 0 atom stereocenters. The molecule has 1 aromatic heterocycles. The van der Waals surface area contributed by atoms with Crippen molar-refractivity contribution in [2.45, 2.75) is 0 Å². The lowest BCUT2D eigenvalue weighted by atomic mass is 10.1. The van der Waals surface area contributed by atoms with Crippen LogP contribution in [-0.4, -0.2) is 190 Å². The maximum Gasteiger partial charge on any atom is 0.353 e. The minimum Gasteiger partial charge on any atom is -1.00 e. The molecule has 7 heterocycles. The predicted molar refractivity (Wildman–Crippen MR) is 158 cm³/mol. The molecule has 0 saturated carbocycles. The van der Waals surface area contributed by atoms with E-state index in [2.05, 4.69) is 30.4 Å². The lowest BCUT2D eigenvalue weighted by molar-refractivity contribution is -1.03. The van der Waals surface area contributed by atoms with E-state index in [0.717, 1.165) is 87.5 Å². The topological polar surface area (TPSA) is 99.5 Å². The van der Waals surface area contributed by atoms with Gasteiger partial charge < -0.3 is 88.0 Å². The van der Waals surface area contributed by atoms with Gasteiger partial charge in [0.25, 0.3) is 0 Å². The summed E-state index contributed by atoms with van der Waals surface area (Å²) in [5, 5.41) is 19.5. The normalized spacial score (nSPS) is 26.2. The van der Waals surface area contributed by atoms with E-state index >= 15 is 0 Å². The first-order valence-corrected chi connectivity index (χ1v) is 16.2. The van der Waals surface area contributed by atoms with Crippen LogP contribution in [0.3, 0.4) is 0 Å². The summed E-state index contributed by atoms with van der Waals surface area (Å²) >= 11 is 0. The Morgan fingerprint density at radius 2 is 0.822 bits per heavy atom. The number of aromatic nitrogens is 2. The summed E-state index contributed by atoms with van der Waals surface area (Å²) in [6.45, 7) is 27.1. The third-order valence-electron chi connectivity index (χ3n) is 12.2. The summed E-state index contributed by atoms with van der Waals surface area (Å²) in [5.41, 5.74) is 0.113. The average molecular weight is 716 g/mol. The maximum absolute atomic E-state index is 12.5. The number of nitro groups is 1. The highest BCUT2D eigenvalue weighted by Gasteiger charge is 2.47. The molecular formula is C28H51Cl4N11O2. The van der Waals surface area contributed by atoms with Gasteiger partial charge in [-0.2, -0.15) is 0 Å². The van der Waals surface area contributed by atoms with Gasteiger partial charge in [0.2, 0.25) is 11.6 Å². The molecule has 6 aliphatic heterocycles. The molecule has 6 saturated heterocycles.